The molecular formula is C14H17FN2O6. The molecule has 1 unspecified atom stereocenters. The topological polar surface area (TPSA) is 103 Å². The van der Waals surface area contributed by atoms with E-state index in [4.69, 9.17) is 4.74 Å². The van der Waals surface area contributed by atoms with Crippen LogP contribution in [-0.2, 0) is 23.9 Å². The summed E-state index contributed by atoms with van der Waals surface area (Å²) in [5.41, 5.74) is 4.62. The summed E-state index contributed by atoms with van der Waals surface area (Å²) in [5, 5.41) is 0. The number of hydrogen-bond donors (Lipinski definition) is 2. The molecule has 0 saturated carbocycles. The number of anilines is 1. The second kappa shape index (κ2) is 8.69. The van der Waals surface area contributed by atoms with Crippen molar-refractivity contribution >= 4 is 23.4 Å². The van der Waals surface area contributed by atoms with Crippen LogP contribution in [0.5, 0.6) is 5.75 Å². The van der Waals surface area contributed by atoms with Gasteiger partial charge in [0.25, 0.3) is 0 Å². The molecule has 1 aromatic carbocycles. The van der Waals surface area contributed by atoms with Gasteiger partial charge in [0.1, 0.15) is 17.9 Å². The molecule has 23 heavy (non-hydrogen) atoms. The van der Waals surface area contributed by atoms with E-state index in [0.717, 1.165) is 20.3 Å². The van der Waals surface area contributed by atoms with Crippen molar-refractivity contribution in [2.45, 2.75) is 12.5 Å². The molecule has 0 amide bonds. The average Bonchev–Trinajstić information content (AvgIpc) is 2.55. The first kappa shape index (κ1) is 18.4. The van der Waals surface area contributed by atoms with Crippen LogP contribution in [0, 0.1) is 5.82 Å². The molecule has 0 radical (unpaired) electrons. The number of carbonyl (C=O) groups is 3. The Balaban J connectivity index is 2.89. The molecule has 0 bridgehead atoms. The Morgan fingerprint density at radius 2 is 1.87 bits per heavy atom. The van der Waals surface area contributed by atoms with E-state index in [1.807, 2.05) is 0 Å². The lowest BCUT2D eigenvalue weighted by molar-refractivity contribution is -0.148. The molecule has 9 heteroatoms. The number of rotatable bonds is 8. The van der Waals surface area contributed by atoms with E-state index in [1.54, 1.807) is 0 Å². The van der Waals surface area contributed by atoms with Gasteiger partial charge < -0.3 is 19.6 Å². The molecule has 0 aliphatic carbocycles. The van der Waals surface area contributed by atoms with Crippen LogP contribution in [0.15, 0.2) is 18.2 Å². The van der Waals surface area contributed by atoms with Crippen molar-refractivity contribution in [3.63, 3.8) is 0 Å². The molecule has 0 aliphatic rings. The normalized spacial score (nSPS) is 11.3. The van der Waals surface area contributed by atoms with E-state index in [1.165, 1.54) is 19.2 Å². The minimum atomic E-state index is -1.52. The highest BCUT2D eigenvalue weighted by Crippen LogP contribution is 2.26. The molecule has 1 aromatic rings. The molecule has 1 rings (SSSR count). The Kier molecular flexibility index (Phi) is 6.94. The standard InChI is InChI=1S/C14H17FN2O6/c1-21-10-6-4-5-8(15)12(10)16-17-13(14(20)23-3)9(18)7-11(19)22-2/h4-6,13,16-17H,7H2,1-3H3. The van der Waals surface area contributed by atoms with Crippen LogP contribution < -0.4 is 15.6 Å². The molecule has 126 valence electrons. The summed E-state index contributed by atoms with van der Waals surface area (Å²) in [5.74, 6) is -3.06. The number of hydrazine groups is 1. The van der Waals surface area contributed by atoms with Gasteiger partial charge in [-0.25, -0.2) is 14.6 Å². The maximum Gasteiger partial charge on any atom is 0.332 e. The summed E-state index contributed by atoms with van der Waals surface area (Å²) in [7, 11) is 3.52. The Bertz CT molecular complexity index is 593. The van der Waals surface area contributed by atoms with Gasteiger partial charge >= 0.3 is 11.9 Å². The highest BCUT2D eigenvalue weighted by Gasteiger charge is 2.29. The minimum Gasteiger partial charge on any atom is -0.494 e. The fraction of sp³-hybridized carbons (Fsp3) is 0.357. The molecule has 1 atom stereocenters. The van der Waals surface area contributed by atoms with Crippen molar-refractivity contribution in [2.24, 2.45) is 0 Å². The van der Waals surface area contributed by atoms with Gasteiger partial charge in [0, 0.05) is 0 Å². The Morgan fingerprint density at radius 1 is 1.17 bits per heavy atom. The third-order valence-electron chi connectivity index (χ3n) is 2.84. The lowest BCUT2D eigenvalue weighted by Crippen LogP contribution is -2.47. The van der Waals surface area contributed by atoms with Gasteiger partial charge in [-0.05, 0) is 12.1 Å². The van der Waals surface area contributed by atoms with Crippen LogP contribution in [-0.4, -0.2) is 45.1 Å². The molecule has 0 fully saturated rings. The summed E-state index contributed by atoms with van der Waals surface area (Å²) in [4.78, 5) is 34.7. The number of halogens is 1. The van der Waals surface area contributed by atoms with Gasteiger partial charge in [0.05, 0.1) is 21.3 Å². The van der Waals surface area contributed by atoms with E-state index in [0.29, 0.717) is 0 Å². The van der Waals surface area contributed by atoms with Crippen molar-refractivity contribution in [2.75, 3.05) is 26.8 Å². The van der Waals surface area contributed by atoms with Gasteiger partial charge in [-0.1, -0.05) is 6.07 Å². The number of ether oxygens (including phenoxy) is 3. The lowest BCUT2D eigenvalue weighted by Gasteiger charge is -2.18. The number of methoxy groups -OCH3 is 3. The summed E-state index contributed by atoms with van der Waals surface area (Å²) in [6.07, 6.45) is -0.640. The molecule has 2 N–H and O–H groups in total. The van der Waals surface area contributed by atoms with Crippen LogP contribution in [0.1, 0.15) is 6.42 Å². The van der Waals surface area contributed by atoms with Crippen molar-refractivity contribution in [3.05, 3.63) is 24.0 Å². The minimum absolute atomic E-state index is 0.102. The molecule has 0 spiro atoms. The molecule has 0 heterocycles. The van der Waals surface area contributed by atoms with Crippen molar-refractivity contribution in [1.82, 2.24) is 5.43 Å². The Morgan fingerprint density at radius 3 is 2.43 bits per heavy atom. The van der Waals surface area contributed by atoms with Crippen LogP contribution in [0.25, 0.3) is 0 Å². The van der Waals surface area contributed by atoms with E-state index in [-0.39, 0.29) is 11.4 Å². The zero-order chi connectivity index (χ0) is 17.4. The second-order valence-electron chi connectivity index (χ2n) is 4.26. The number of benzene rings is 1. The van der Waals surface area contributed by atoms with Crippen molar-refractivity contribution in [1.29, 1.82) is 0 Å². The number of ketones is 1. The van der Waals surface area contributed by atoms with Gasteiger partial charge in [-0.3, -0.25) is 9.59 Å². The first-order valence-corrected chi connectivity index (χ1v) is 6.46. The van der Waals surface area contributed by atoms with E-state index >= 15 is 0 Å². The number of carbonyl (C=O) groups excluding carboxylic acids is 3. The molecule has 0 aliphatic heterocycles. The number of hydrogen-bond acceptors (Lipinski definition) is 8. The van der Waals surface area contributed by atoms with E-state index in [2.05, 4.69) is 20.3 Å². The van der Waals surface area contributed by atoms with Gasteiger partial charge in [-0.15, -0.1) is 0 Å². The SMILES string of the molecule is COC(=O)CC(=O)C(NNc1c(F)cccc1OC)C(=O)OC. The smallest absolute Gasteiger partial charge is 0.332 e. The lowest BCUT2D eigenvalue weighted by atomic mass is 10.1. The van der Waals surface area contributed by atoms with Crippen LogP contribution >= 0.6 is 0 Å². The van der Waals surface area contributed by atoms with Crippen LogP contribution in [0.3, 0.4) is 0 Å². The zero-order valence-electron chi connectivity index (χ0n) is 12.8. The molecule has 8 nitrogen and oxygen atoms in total. The molecular weight excluding hydrogens is 311 g/mol. The summed E-state index contributed by atoms with van der Waals surface area (Å²) in [6, 6.07) is 2.55. The van der Waals surface area contributed by atoms with Gasteiger partial charge in [0.15, 0.2) is 17.6 Å². The first-order valence-electron chi connectivity index (χ1n) is 6.46. The quantitative estimate of drug-likeness (QED) is 0.402. The number of esters is 2. The third-order valence-corrected chi connectivity index (χ3v) is 2.84. The highest BCUT2D eigenvalue weighted by atomic mass is 19.1. The number of para-hydroxylation sites is 1. The summed E-state index contributed by atoms with van der Waals surface area (Å²) < 4.78 is 27.6. The monoisotopic (exact) mass is 328 g/mol. The van der Waals surface area contributed by atoms with Crippen molar-refractivity contribution in [3.8, 4) is 5.75 Å². The number of nitrogens with one attached hydrogen (secondary N) is 2. The number of Topliss-reactive ketones (excluding diaryl/α,β-unsaturated/α-hetero) is 1. The molecule has 0 aromatic heterocycles. The fourth-order valence-corrected chi connectivity index (χ4v) is 1.65. The average molecular weight is 328 g/mol. The van der Waals surface area contributed by atoms with Crippen molar-refractivity contribution < 1.29 is 33.0 Å². The van der Waals surface area contributed by atoms with Gasteiger partial charge in [0.2, 0.25) is 0 Å². The first-order chi connectivity index (χ1) is 10.9. The third kappa shape index (κ3) is 4.92. The summed E-state index contributed by atoms with van der Waals surface area (Å²) in [6.45, 7) is 0. The zero-order valence-corrected chi connectivity index (χ0v) is 12.8. The Labute approximate surface area is 131 Å². The van der Waals surface area contributed by atoms with Gasteiger partial charge in [-0.2, -0.15) is 0 Å². The fourth-order valence-electron chi connectivity index (χ4n) is 1.65. The van der Waals surface area contributed by atoms with E-state index < -0.39 is 36.0 Å². The predicted octanol–water partition coefficient (Wildman–Crippen LogP) is 0.425. The largest absolute Gasteiger partial charge is 0.494 e. The van der Waals surface area contributed by atoms with Crippen LogP contribution in [0.4, 0.5) is 10.1 Å². The van der Waals surface area contributed by atoms with Crippen LogP contribution in [0.2, 0.25) is 0 Å². The predicted molar refractivity (Wildman–Crippen MR) is 77.2 cm³/mol. The summed E-state index contributed by atoms with van der Waals surface area (Å²) >= 11 is 0. The maximum atomic E-state index is 13.8. The second-order valence-corrected chi connectivity index (χ2v) is 4.26. The molecule has 0 saturated heterocycles. The Hall–Kier alpha value is -2.68. The highest BCUT2D eigenvalue weighted by molar-refractivity contribution is 6.09. The van der Waals surface area contributed by atoms with E-state index in [9.17, 15) is 18.8 Å². The maximum absolute atomic E-state index is 13.8.